The molecule has 38 heavy (non-hydrogen) atoms. The zero-order valence-corrected chi connectivity index (χ0v) is 21.7. The molecule has 6 rings (SSSR count). The summed E-state index contributed by atoms with van der Waals surface area (Å²) in [6.07, 6.45) is 6.18. The van der Waals surface area contributed by atoms with Gasteiger partial charge >= 0.3 is 0 Å². The lowest BCUT2D eigenvalue weighted by molar-refractivity contribution is 0.221. The minimum atomic E-state index is 0.0809. The maximum absolute atomic E-state index is 5.01. The molecule has 3 atom stereocenters. The van der Waals surface area contributed by atoms with Crippen LogP contribution in [0.2, 0.25) is 0 Å². The van der Waals surface area contributed by atoms with Crippen LogP contribution >= 0.6 is 0 Å². The molecule has 1 aromatic heterocycles. The number of anilines is 1. The molecule has 7 nitrogen and oxygen atoms in total. The standard InChI is InChI=1S/C31H34N7/c1-24(26-13-6-3-7-14-26)35-31-32-19-18-30(36-31)38(23-33-28-16-8-9-17-29(28)38)34-21-27-15-10-20-37(27)22-25-11-4-2-5-12-25/h2-9,11-14,16-19,23-24,27,34H,10,15,20-22H2,1H3,(H,32,35,36)/q+1. The second-order valence-electron chi connectivity index (χ2n) is 10.1. The van der Waals surface area contributed by atoms with E-state index in [1.165, 1.54) is 24.0 Å². The molecule has 192 valence electrons. The number of quaternary nitrogens is 1. The fourth-order valence-corrected chi connectivity index (χ4v) is 5.51. The smallest absolute Gasteiger partial charge is 0.263 e. The lowest BCUT2D eigenvalue weighted by Crippen LogP contribution is -2.57. The molecule has 3 aromatic carbocycles. The SMILES string of the molecule is CC(Nc1nccc([N+]2(NCC3CCCN3Cc3ccccc3)C=Nc3ccccc32)n1)c1ccccc1. The maximum Gasteiger partial charge on any atom is 0.263 e. The van der Waals surface area contributed by atoms with Gasteiger partial charge in [-0.1, -0.05) is 72.8 Å². The Morgan fingerprint density at radius 1 is 0.947 bits per heavy atom. The van der Waals surface area contributed by atoms with Crippen molar-refractivity contribution in [3.8, 4) is 0 Å². The number of rotatable bonds is 9. The van der Waals surface area contributed by atoms with Gasteiger partial charge in [-0.2, -0.15) is 9.98 Å². The molecule has 0 saturated carbocycles. The van der Waals surface area contributed by atoms with Crippen LogP contribution < -0.4 is 15.3 Å². The predicted molar refractivity (Wildman–Crippen MR) is 154 cm³/mol. The Morgan fingerprint density at radius 3 is 2.55 bits per heavy atom. The largest absolute Gasteiger partial charge is 0.348 e. The quantitative estimate of drug-likeness (QED) is 0.268. The van der Waals surface area contributed by atoms with Crippen molar-refractivity contribution in [3.05, 3.63) is 108 Å². The van der Waals surface area contributed by atoms with Crippen molar-refractivity contribution in [2.45, 2.75) is 38.4 Å². The molecule has 0 aliphatic carbocycles. The number of likely N-dealkylation sites (tertiary alicyclic amines) is 1. The second kappa shape index (κ2) is 10.8. The number of benzene rings is 3. The van der Waals surface area contributed by atoms with Crippen LogP contribution in [0.1, 0.15) is 36.9 Å². The summed E-state index contributed by atoms with van der Waals surface area (Å²) < 4.78 is 0.267. The minimum Gasteiger partial charge on any atom is -0.348 e. The highest BCUT2D eigenvalue weighted by molar-refractivity contribution is 5.93. The highest BCUT2D eigenvalue weighted by Gasteiger charge is 2.42. The molecule has 4 aromatic rings. The summed E-state index contributed by atoms with van der Waals surface area (Å²) in [6, 6.07) is 31.9. The van der Waals surface area contributed by atoms with Crippen molar-refractivity contribution in [1.29, 1.82) is 0 Å². The molecular weight excluding hydrogens is 470 g/mol. The molecule has 0 bridgehead atoms. The number of nitrogens with one attached hydrogen (secondary N) is 2. The Bertz CT molecular complexity index is 1390. The van der Waals surface area contributed by atoms with E-state index in [-0.39, 0.29) is 10.6 Å². The first-order valence-corrected chi connectivity index (χ1v) is 13.4. The van der Waals surface area contributed by atoms with E-state index in [1.54, 1.807) is 0 Å². The molecule has 0 spiro atoms. The van der Waals surface area contributed by atoms with Crippen molar-refractivity contribution in [1.82, 2.24) is 24.9 Å². The van der Waals surface area contributed by atoms with Crippen molar-refractivity contribution < 1.29 is 0 Å². The third-order valence-electron chi connectivity index (χ3n) is 7.58. The molecule has 0 amide bonds. The van der Waals surface area contributed by atoms with Gasteiger partial charge in [0.25, 0.3) is 5.82 Å². The molecule has 1 fully saturated rings. The topological polar surface area (TPSA) is 65.4 Å². The summed E-state index contributed by atoms with van der Waals surface area (Å²) in [5, 5.41) is 3.48. The van der Waals surface area contributed by atoms with E-state index in [4.69, 9.17) is 9.98 Å². The van der Waals surface area contributed by atoms with E-state index in [2.05, 4.69) is 100 Å². The summed E-state index contributed by atoms with van der Waals surface area (Å²) in [5.74, 6) is 1.44. The van der Waals surface area contributed by atoms with Crippen LogP contribution in [0, 0.1) is 0 Å². The van der Waals surface area contributed by atoms with E-state index in [1.807, 2.05) is 30.7 Å². The van der Waals surface area contributed by atoms with E-state index in [0.29, 0.717) is 12.0 Å². The van der Waals surface area contributed by atoms with E-state index >= 15 is 0 Å². The zero-order chi connectivity index (χ0) is 25.8. The number of para-hydroxylation sites is 2. The van der Waals surface area contributed by atoms with Gasteiger partial charge in [0.1, 0.15) is 5.69 Å². The van der Waals surface area contributed by atoms with E-state index in [0.717, 1.165) is 36.8 Å². The molecule has 2 aliphatic rings. The molecule has 2 N–H and O–H groups in total. The highest BCUT2D eigenvalue weighted by atomic mass is 15.7. The molecule has 0 radical (unpaired) electrons. The van der Waals surface area contributed by atoms with Crippen LogP contribution in [0.25, 0.3) is 0 Å². The third-order valence-corrected chi connectivity index (χ3v) is 7.58. The number of hydrogen-bond acceptors (Lipinski definition) is 6. The van der Waals surface area contributed by atoms with Crippen LogP contribution in [0.15, 0.2) is 102 Å². The fourth-order valence-electron chi connectivity index (χ4n) is 5.51. The Morgan fingerprint density at radius 2 is 1.71 bits per heavy atom. The Kier molecular flexibility index (Phi) is 6.96. The molecular formula is C31H34N7+. The number of hydrogen-bond donors (Lipinski definition) is 2. The van der Waals surface area contributed by atoms with Crippen LogP contribution in [0.5, 0.6) is 0 Å². The van der Waals surface area contributed by atoms with Gasteiger partial charge in [-0.3, -0.25) is 4.90 Å². The monoisotopic (exact) mass is 504 g/mol. The van der Waals surface area contributed by atoms with Crippen LogP contribution in [-0.2, 0) is 6.54 Å². The second-order valence-corrected chi connectivity index (χ2v) is 10.1. The maximum atomic E-state index is 5.01. The molecule has 1 saturated heterocycles. The van der Waals surface area contributed by atoms with Crippen LogP contribution in [0.3, 0.4) is 0 Å². The highest BCUT2D eigenvalue weighted by Crippen LogP contribution is 2.42. The Balaban J connectivity index is 1.26. The lowest BCUT2D eigenvalue weighted by Gasteiger charge is -2.32. The van der Waals surface area contributed by atoms with Crippen molar-refractivity contribution >= 4 is 29.5 Å². The first-order valence-electron chi connectivity index (χ1n) is 13.4. The number of aromatic nitrogens is 2. The van der Waals surface area contributed by atoms with E-state index in [9.17, 15) is 0 Å². The minimum absolute atomic E-state index is 0.0809. The van der Waals surface area contributed by atoms with Gasteiger partial charge in [0, 0.05) is 30.9 Å². The number of nitrogens with zero attached hydrogens (tertiary/aromatic N) is 5. The molecule has 3 heterocycles. The van der Waals surface area contributed by atoms with Gasteiger partial charge in [-0.15, -0.1) is 10.0 Å². The summed E-state index contributed by atoms with van der Waals surface area (Å²) in [7, 11) is 0. The van der Waals surface area contributed by atoms with Crippen LogP contribution in [-0.4, -0.2) is 40.3 Å². The molecule has 7 heteroatoms. The lowest BCUT2D eigenvalue weighted by atomic mass is 10.1. The van der Waals surface area contributed by atoms with Gasteiger partial charge in [0.05, 0.1) is 12.6 Å². The third kappa shape index (κ3) is 4.96. The average molecular weight is 505 g/mol. The summed E-state index contributed by atoms with van der Waals surface area (Å²) in [5.41, 5.74) is 8.44. The zero-order valence-electron chi connectivity index (χ0n) is 21.7. The summed E-state index contributed by atoms with van der Waals surface area (Å²) in [6.45, 7) is 5.03. The van der Waals surface area contributed by atoms with Gasteiger partial charge in [0.2, 0.25) is 12.3 Å². The first-order chi connectivity index (χ1) is 18.7. The average Bonchev–Trinajstić information content (AvgIpc) is 3.58. The van der Waals surface area contributed by atoms with Gasteiger partial charge in [-0.05, 0) is 43.5 Å². The number of fused-ring (bicyclic) bond motifs is 1. The Hall–Kier alpha value is -3.91. The van der Waals surface area contributed by atoms with E-state index < -0.39 is 0 Å². The van der Waals surface area contributed by atoms with Gasteiger partial charge in [-0.25, -0.2) is 4.98 Å². The molecule has 2 aliphatic heterocycles. The fraction of sp³-hybridized carbons (Fsp3) is 0.258. The predicted octanol–water partition coefficient (Wildman–Crippen LogP) is 6.13. The first kappa shape index (κ1) is 24.4. The van der Waals surface area contributed by atoms with Crippen molar-refractivity contribution in [3.63, 3.8) is 0 Å². The van der Waals surface area contributed by atoms with Gasteiger partial charge in [0.15, 0.2) is 5.69 Å². The summed E-state index contributed by atoms with van der Waals surface area (Å²) in [4.78, 5) is 16.9. The van der Waals surface area contributed by atoms with Crippen molar-refractivity contribution in [2.24, 2.45) is 4.99 Å². The normalized spacial score (nSPS) is 21.3. The molecule has 3 unspecified atom stereocenters. The van der Waals surface area contributed by atoms with Crippen molar-refractivity contribution in [2.75, 3.05) is 18.4 Å². The van der Waals surface area contributed by atoms with Crippen LogP contribution in [0.4, 0.5) is 23.1 Å². The Labute approximate surface area is 224 Å². The van der Waals surface area contributed by atoms with Gasteiger partial charge < -0.3 is 5.32 Å². The number of aliphatic imine (C=N–C) groups is 1. The summed E-state index contributed by atoms with van der Waals surface area (Å²) >= 11 is 0.